The molecule has 12 heteroatoms. The third kappa shape index (κ3) is 10.4. The molecule has 0 fully saturated rings. The van der Waals surface area contributed by atoms with Crippen molar-refractivity contribution < 1.29 is 14.4 Å². The van der Waals surface area contributed by atoms with Crippen molar-refractivity contribution in [2.45, 2.75) is 63.5 Å². The van der Waals surface area contributed by atoms with Gasteiger partial charge in [0.2, 0.25) is 17.7 Å². The van der Waals surface area contributed by atoms with Crippen LogP contribution < -0.4 is 33.6 Å². The van der Waals surface area contributed by atoms with E-state index in [4.69, 9.17) is 28.3 Å². The average molecular weight is 538 g/mol. The number of primary amides is 1. The van der Waals surface area contributed by atoms with Crippen molar-refractivity contribution in [1.82, 2.24) is 15.6 Å². The second kappa shape index (κ2) is 15.7. The standard InChI is InChI=1S/C27H39N9O3/c1-2-3-7-22(26(39)35-21(24(30)37)8-5-14-34-27(31)32)36-25(38)20(19-6-4-13-33-16-19)15-17-9-11-18(12-10-17)23(28)29/h4,6,9-13,16,20-22H,2-3,5,7-8,14-15H2,1H3,(H3,28,29)(H2,30,37)(H,35,39)(H,36,38)(H4,31,32,34)/t20?,21-,22-/m0/s1. The van der Waals surface area contributed by atoms with Crippen molar-refractivity contribution in [2.75, 3.05) is 6.54 Å². The van der Waals surface area contributed by atoms with Gasteiger partial charge in [-0.2, -0.15) is 0 Å². The minimum absolute atomic E-state index is 0.0432. The minimum Gasteiger partial charge on any atom is -0.384 e. The lowest BCUT2D eigenvalue weighted by Crippen LogP contribution is -2.53. The van der Waals surface area contributed by atoms with Gasteiger partial charge in [-0.15, -0.1) is 0 Å². The summed E-state index contributed by atoms with van der Waals surface area (Å²) in [6.45, 7) is 2.27. The highest BCUT2D eigenvalue weighted by molar-refractivity contribution is 5.95. The lowest BCUT2D eigenvalue weighted by molar-refractivity contribution is -0.132. The predicted molar refractivity (Wildman–Crippen MR) is 151 cm³/mol. The molecule has 1 aromatic heterocycles. The first-order valence-corrected chi connectivity index (χ1v) is 12.9. The number of amidine groups is 1. The van der Waals surface area contributed by atoms with E-state index in [1.807, 2.05) is 25.1 Å². The number of aromatic nitrogens is 1. The van der Waals surface area contributed by atoms with E-state index in [1.165, 1.54) is 0 Å². The Balaban J connectivity index is 2.20. The molecule has 0 aliphatic rings. The van der Waals surface area contributed by atoms with Gasteiger partial charge < -0.3 is 33.6 Å². The number of nitrogens with one attached hydrogen (secondary N) is 3. The summed E-state index contributed by atoms with van der Waals surface area (Å²) in [5.41, 5.74) is 23.8. The van der Waals surface area contributed by atoms with Gasteiger partial charge in [0.15, 0.2) is 5.96 Å². The molecule has 12 nitrogen and oxygen atoms in total. The topological polar surface area (TPSA) is 228 Å². The Hall–Kier alpha value is -4.48. The molecule has 210 valence electrons. The zero-order chi connectivity index (χ0) is 28.8. The molecule has 0 saturated carbocycles. The fourth-order valence-corrected chi connectivity index (χ4v) is 4.01. The molecule has 2 aromatic rings. The number of amides is 3. The molecule has 0 radical (unpaired) electrons. The SMILES string of the molecule is CCCC[C@H](NC(=O)C(Cc1ccc(C(=N)N)cc1)c1cccnc1)C(=O)N[C@@H](CCCN=C(N)N)C(N)=O. The van der Waals surface area contributed by atoms with E-state index in [1.54, 1.807) is 30.6 Å². The molecule has 0 bridgehead atoms. The molecule has 3 atom stereocenters. The Labute approximate surface area is 228 Å². The monoisotopic (exact) mass is 537 g/mol. The second-order valence-electron chi connectivity index (χ2n) is 9.27. The summed E-state index contributed by atoms with van der Waals surface area (Å²) in [6, 6.07) is 8.84. The van der Waals surface area contributed by atoms with Crippen molar-refractivity contribution in [3.63, 3.8) is 0 Å². The van der Waals surface area contributed by atoms with Crippen LogP contribution in [0.15, 0.2) is 53.8 Å². The quantitative estimate of drug-likeness (QED) is 0.0903. The van der Waals surface area contributed by atoms with E-state index in [-0.39, 0.29) is 30.7 Å². The first-order chi connectivity index (χ1) is 18.6. The molecule has 0 saturated heterocycles. The number of pyridine rings is 1. The summed E-state index contributed by atoms with van der Waals surface area (Å²) < 4.78 is 0. The largest absolute Gasteiger partial charge is 0.384 e. The lowest BCUT2D eigenvalue weighted by atomic mass is 9.91. The second-order valence-corrected chi connectivity index (χ2v) is 9.27. The molecule has 0 spiro atoms. The molecule has 0 aliphatic carbocycles. The van der Waals surface area contributed by atoms with Crippen LogP contribution in [0, 0.1) is 5.41 Å². The van der Waals surface area contributed by atoms with E-state index in [2.05, 4.69) is 20.6 Å². The van der Waals surface area contributed by atoms with Gasteiger partial charge >= 0.3 is 0 Å². The third-order valence-electron chi connectivity index (χ3n) is 6.19. The zero-order valence-electron chi connectivity index (χ0n) is 22.2. The zero-order valence-corrected chi connectivity index (χ0v) is 22.2. The van der Waals surface area contributed by atoms with Gasteiger partial charge in [0.1, 0.15) is 17.9 Å². The Morgan fingerprint density at radius 3 is 2.18 bits per heavy atom. The van der Waals surface area contributed by atoms with Gasteiger partial charge in [-0.1, -0.05) is 50.1 Å². The molecule has 11 N–H and O–H groups in total. The van der Waals surface area contributed by atoms with Crippen LogP contribution in [-0.4, -0.2) is 53.1 Å². The molecule has 3 amide bonds. The molecule has 39 heavy (non-hydrogen) atoms. The number of benzene rings is 1. The molecule has 1 aromatic carbocycles. The van der Waals surface area contributed by atoms with E-state index < -0.39 is 29.8 Å². The predicted octanol–water partition coefficient (Wildman–Crippen LogP) is 0.391. The third-order valence-corrected chi connectivity index (χ3v) is 6.19. The Morgan fingerprint density at radius 2 is 1.62 bits per heavy atom. The maximum absolute atomic E-state index is 13.6. The number of nitrogen functional groups attached to an aromatic ring is 1. The van der Waals surface area contributed by atoms with Gasteiger partial charge in [0.05, 0.1) is 5.92 Å². The minimum atomic E-state index is -0.929. The molecule has 0 aliphatic heterocycles. The number of rotatable bonds is 16. The highest BCUT2D eigenvalue weighted by Gasteiger charge is 2.29. The first-order valence-electron chi connectivity index (χ1n) is 12.9. The summed E-state index contributed by atoms with van der Waals surface area (Å²) in [4.78, 5) is 46.8. The van der Waals surface area contributed by atoms with Crippen LogP contribution in [0.4, 0.5) is 0 Å². The van der Waals surface area contributed by atoms with Crippen LogP contribution in [0.5, 0.6) is 0 Å². The number of carbonyl (C=O) groups excluding carboxylic acids is 3. The van der Waals surface area contributed by atoms with Crippen molar-refractivity contribution in [3.8, 4) is 0 Å². The maximum Gasteiger partial charge on any atom is 0.243 e. The highest BCUT2D eigenvalue weighted by atomic mass is 16.2. The molecular weight excluding hydrogens is 498 g/mol. The van der Waals surface area contributed by atoms with Crippen molar-refractivity contribution in [1.29, 1.82) is 5.41 Å². The number of nitrogens with two attached hydrogens (primary N) is 4. The number of nitrogens with zero attached hydrogens (tertiary/aromatic N) is 2. The smallest absolute Gasteiger partial charge is 0.243 e. The number of aliphatic imine (C=N–C) groups is 1. The van der Waals surface area contributed by atoms with Crippen LogP contribution in [0.25, 0.3) is 0 Å². The average Bonchev–Trinajstić information content (AvgIpc) is 2.91. The van der Waals surface area contributed by atoms with Gasteiger partial charge in [-0.3, -0.25) is 29.8 Å². The van der Waals surface area contributed by atoms with Gasteiger partial charge in [-0.05, 0) is 42.9 Å². The summed E-state index contributed by atoms with van der Waals surface area (Å²) in [5, 5.41) is 13.2. The fraction of sp³-hybridized carbons (Fsp3) is 0.407. The normalized spacial score (nSPS) is 12.9. The van der Waals surface area contributed by atoms with Gasteiger partial charge in [-0.25, -0.2) is 0 Å². The summed E-state index contributed by atoms with van der Waals surface area (Å²) >= 11 is 0. The number of unbranched alkanes of at least 4 members (excludes halogenated alkanes) is 1. The Bertz CT molecular complexity index is 1130. The highest BCUT2D eigenvalue weighted by Crippen LogP contribution is 2.22. The first kappa shape index (κ1) is 30.7. The molecule has 1 heterocycles. The molecular formula is C27H39N9O3. The van der Waals surface area contributed by atoms with E-state index >= 15 is 0 Å². The van der Waals surface area contributed by atoms with Gasteiger partial charge in [0, 0.05) is 24.5 Å². The lowest BCUT2D eigenvalue weighted by Gasteiger charge is -2.24. The van der Waals surface area contributed by atoms with Crippen LogP contribution in [0.3, 0.4) is 0 Å². The van der Waals surface area contributed by atoms with Crippen LogP contribution in [0.2, 0.25) is 0 Å². The number of hydrogen-bond acceptors (Lipinski definition) is 6. The van der Waals surface area contributed by atoms with Crippen molar-refractivity contribution in [2.24, 2.45) is 27.9 Å². The van der Waals surface area contributed by atoms with Gasteiger partial charge in [0.25, 0.3) is 0 Å². The number of hydrogen-bond donors (Lipinski definition) is 7. The maximum atomic E-state index is 13.6. The summed E-state index contributed by atoms with van der Waals surface area (Å²) in [7, 11) is 0. The fourth-order valence-electron chi connectivity index (χ4n) is 4.01. The van der Waals surface area contributed by atoms with Crippen molar-refractivity contribution >= 4 is 29.5 Å². The Kier molecular flexibility index (Phi) is 12.4. The summed E-state index contributed by atoms with van der Waals surface area (Å²) in [5.74, 6) is -2.26. The number of carbonyl (C=O) groups is 3. The number of guanidine groups is 1. The van der Waals surface area contributed by atoms with E-state index in [0.717, 1.165) is 12.0 Å². The van der Waals surface area contributed by atoms with Crippen LogP contribution in [0.1, 0.15) is 61.6 Å². The van der Waals surface area contributed by atoms with Crippen molar-refractivity contribution in [3.05, 3.63) is 65.5 Å². The van der Waals surface area contributed by atoms with E-state index in [9.17, 15) is 14.4 Å². The van der Waals surface area contributed by atoms with Crippen LogP contribution >= 0.6 is 0 Å². The summed E-state index contributed by atoms with van der Waals surface area (Å²) in [6.07, 6.45) is 6.15. The van der Waals surface area contributed by atoms with E-state index in [0.29, 0.717) is 36.8 Å². The Morgan fingerprint density at radius 1 is 0.949 bits per heavy atom. The molecule has 1 unspecified atom stereocenters. The van der Waals surface area contributed by atoms with Crippen LogP contribution in [-0.2, 0) is 20.8 Å². The molecule has 2 rings (SSSR count).